The summed E-state index contributed by atoms with van der Waals surface area (Å²) in [7, 11) is 3.27. The van der Waals surface area contributed by atoms with E-state index in [4.69, 9.17) is 15.2 Å². The Labute approximate surface area is 113 Å². The highest BCUT2D eigenvalue weighted by molar-refractivity contribution is 5.76. The van der Waals surface area contributed by atoms with E-state index in [1.54, 1.807) is 14.2 Å². The number of nitrogen functional groups attached to an aromatic ring is 1. The largest absolute Gasteiger partial charge is 0.497 e. The summed E-state index contributed by atoms with van der Waals surface area (Å²) in [6, 6.07) is 11.4. The van der Waals surface area contributed by atoms with Crippen molar-refractivity contribution in [3.8, 4) is 11.5 Å². The van der Waals surface area contributed by atoms with E-state index in [2.05, 4.69) is 5.32 Å². The first-order chi connectivity index (χ1) is 9.13. The van der Waals surface area contributed by atoms with Crippen LogP contribution in [-0.4, -0.2) is 14.2 Å². The Balaban J connectivity index is 2.37. The molecule has 2 rings (SSSR count). The monoisotopic (exact) mass is 258 g/mol. The van der Waals surface area contributed by atoms with Crippen LogP contribution in [0.2, 0.25) is 0 Å². The number of methoxy groups -OCH3 is 2. The smallest absolute Gasteiger partial charge is 0.142 e. The summed E-state index contributed by atoms with van der Waals surface area (Å²) in [4.78, 5) is 0. The molecule has 2 aromatic carbocycles. The maximum absolute atomic E-state index is 5.96. The summed E-state index contributed by atoms with van der Waals surface area (Å²) in [5.41, 5.74) is 9.43. The standard InChI is InChI=1S/C15H18N2O2/c1-10-4-7-15(19-3)14(8-10)17-13-9-11(18-2)5-6-12(13)16/h4-9,17H,16H2,1-3H3. The third-order valence-electron chi connectivity index (χ3n) is 2.88. The molecule has 0 aliphatic carbocycles. The molecule has 0 aliphatic heterocycles. The van der Waals surface area contributed by atoms with Gasteiger partial charge in [0.2, 0.25) is 0 Å². The first kappa shape index (κ1) is 13.1. The van der Waals surface area contributed by atoms with Crippen LogP contribution in [0.25, 0.3) is 0 Å². The zero-order valence-electron chi connectivity index (χ0n) is 11.4. The molecule has 0 saturated carbocycles. The van der Waals surface area contributed by atoms with Crippen molar-refractivity contribution in [2.24, 2.45) is 0 Å². The van der Waals surface area contributed by atoms with E-state index in [0.29, 0.717) is 5.69 Å². The van der Waals surface area contributed by atoms with Crippen molar-refractivity contribution in [3.05, 3.63) is 42.0 Å². The van der Waals surface area contributed by atoms with Gasteiger partial charge in [0.05, 0.1) is 31.3 Å². The molecule has 4 nitrogen and oxygen atoms in total. The Morgan fingerprint density at radius 1 is 0.947 bits per heavy atom. The van der Waals surface area contributed by atoms with E-state index < -0.39 is 0 Å². The number of aryl methyl sites for hydroxylation is 1. The second-order valence-electron chi connectivity index (χ2n) is 4.28. The fourth-order valence-electron chi connectivity index (χ4n) is 1.84. The summed E-state index contributed by atoms with van der Waals surface area (Å²) in [5, 5.41) is 3.28. The molecular formula is C15H18N2O2. The summed E-state index contributed by atoms with van der Waals surface area (Å²) in [5.74, 6) is 1.52. The lowest BCUT2D eigenvalue weighted by molar-refractivity contribution is 0.414. The zero-order chi connectivity index (χ0) is 13.8. The fourth-order valence-corrected chi connectivity index (χ4v) is 1.84. The number of rotatable bonds is 4. The highest BCUT2D eigenvalue weighted by atomic mass is 16.5. The number of nitrogens with one attached hydrogen (secondary N) is 1. The van der Waals surface area contributed by atoms with Crippen LogP contribution in [0.5, 0.6) is 11.5 Å². The Kier molecular flexibility index (Phi) is 3.80. The molecule has 0 spiro atoms. The molecule has 0 fully saturated rings. The molecule has 0 saturated heterocycles. The van der Waals surface area contributed by atoms with Gasteiger partial charge in [0.1, 0.15) is 11.5 Å². The summed E-state index contributed by atoms with van der Waals surface area (Å²) in [6.07, 6.45) is 0. The third kappa shape index (κ3) is 2.91. The Morgan fingerprint density at radius 2 is 1.74 bits per heavy atom. The van der Waals surface area contributed by atoms with Gasteiger partial charge in [-0.1, -0.05) is 6.07 Å². The third-order valence-corrected chi connectivity index (χ3v) is 2.88. The molecule has 3 N–H and O–H groups in total. The second-order valence-corrected chi connectivity index (χ2v) is 4.28. The van der Waals surface area contributed by atoms with Crippen LogP contribution in [0, 0.1) is 6.92 Å². The molecular weight excluding hydrogens is 240 g/mol. The van der Waals surface area contributed by atoms with Gasteiger partial charge in [0.25, 0.3) is 0 Å². The number of benzene rings is 2. The van der Waals surface area contributed by atoms with Gasteiger partial charge < -0.3 is 20.5 Å². The van der Waals surface area contributed by atoms with Gasteiger partial charge in [-0.3, -0.25) is 0 Å². The minimum atomic E-state index is 0.657. The molecule has 0 aromatic heterocycles. The molecule has 0 unspecified atom stereocenters. The van der Waals surface area contributed by atoms with Crippen molar-refractivity contribution >= 4 is 17.1 Å². The van der Waals surface area contributed by atoms with E-state index in [1.807, 2.05) is 43.3 Å². The van der Waals surface area contributed by atoms with Crippen LogP contribution in [-0.2, 0) is 0 Å². The van der Waals surface area contributed by atoms with Gasteiger partial charge in [0.15, 0.2) is 0 Å². The van der Waals surface area contributed by atoms with Crippen LogP contribution in [0.1, 0.15) is 5.56 Å². The predicted molar refractivity (Wildman–Crippen MR) is 78.4 cm³/mol. The van der Waals surface area contributed by atoms with Gasteiger partial charge in [-0.25, -0.2) is 0 Å². The van der Waals surface area contributed by atoms with Gasteiger partial charge in [-0.05, 0) is 36.8 Å². The highest BCUT2D eigenvalue weighted by Crippen LogP contribution is 2.32. The lowest BCUT2D eigenvalue weighted by atomic mass is 10.2. The van der Waals surface area contributed by atoms with Crippen molar-refractivity contribution in [2.45, 2.75) is 6.92 Å². The number of hydrogen-bond acceptors (Lipinski definition) is 4. The topological polar surface area (TPSA) is 56.5 Å². The zero-order valence-corrected chi connectivity index (χ0v) is 11.4. The van der Waals surface area contributed by atoms with Gasteiger partial charge in [0, 0.05) is 6.07 Å². The predicted octanol–water partition coefficient (Wildman–Crippen LogP) is 3.34. The van der Waals surface area contributed by atoms with E-state index >= 15 is 0 Å². The average molecular weight is 258 g/mol. The molecule has 2 aromatic rings. The van der Waals surface area contributed by atoms with Crippen LogP contribution >= 0.6 is 0 Å². The fraction of sp³-hybridized carbons (Fsp3) is 0.200. The van der Waals surface area contributed by atoms with Crippen molar-refractivity contribution in [1.82, 2.24) is 0 Å². The highest BCUT2D eigenvalue weighted by Gasteiger charge is 2.07. The second kappa shape index (κ2) is 5.52. The number of anilines is 3. The van der Waals surface area contributed by atoms with Crippen LogP contribution < -0.4 is 20.5 Å². The van der Waals surface area contributed by atoms with E-state index in [1.165, 1.54) is 0 Å². The lowest BCUT2D eigenvalue weighted by Crippen LogP contribution is -1.99. The van der Waals surface area contributed by atoms with Crippen molar-refractivity contribution in [2.75, 3.05) is 25.3 Å². The van der Waals surface area contributed by atoms with E-state index in [-0.39, 0.29) is 0 Å². The molecule has 0 heterocycles. The summed E-state index contributed by atoms with van der Waals surface area (Å²) < 4.78 is 10.5. The van der Waals surface area contributed by atoms with Crippen molar-refractivity contribution in [3.63, 3.8) is 0 Å². The Bertz CT molecular complexity index is 582. The molecule has 100 valence electrons. The van der Waals surface area contributed by atoms with Gasteiger partial charge in [-0.15, -0.1) is 0 Å². The molecule has 0 atom stereocenters. The number of ether oxygens (including phenoxy) is 2. The van der Waals surface area contributed by atoms with Crippen LogP contribution in [0.15, 0.2) is 36.4 Å². The van der Waals surface area contributed by atoms with E-state index in [9.17, 15) is 0 Å². The molecule has 0 aliphatic rings. The molecule has 0 amide bonds. The SMILES string of the molecule is COc1ccc(N)c(Nc2cc(C)ccc2OC)c1. The maximum Gasteiger partial charge on any atom is 0.142 e. The quantitative estimate of drug-likeness (QED) is 0.826. The normalized spacial score (nSPS) is 10.1. The summed E-state index contributed by atoms with van der Waals surface area (Å²) >= 11 is 0. The molecule has 4 heteroatoms. The molecule has 0 radical (unpaired) electrons. The Morgan fingerprint density at radius 3 is 2.42 bits per heavy atom. The minimum Gasteiger partial charge on any atom is -0.497 e. The molecule has 19 heavy (non-hydrogen) atoms. The lowest BCUT2D eigenvalue weighted by Gasteiger charge is -2.14. The minimum absolute atomic E-state index is 0.657. The number of hydrogen-bond donors (Lipinski definition) is 2. The van der Waals surface area contributed by atoms with Crippen LogP contribution in [0.4, 0.5) is 17.1 Å². The maximum atomic E-state index is 5.96. The van der Waals surface area contributed by atoms with Gasteiger partial charge >= 0.3 is 0 Å². The van der Waals surface area contributed by atoms with Crippen LogP contribution in [0.3, 0.4) is 0 Å². The van der Waals surface area contributed by atoms with Crippen molar-refractivity contribution in [1.29, 1.82) is 0 Å². The van der Waals surface area contributed by atoms with E-state index in [0.717, 1.165) is 28.4 Å². The first-order valence-electron chi connectivity index (χ1n) is 5.99. The van der Waals surface area contributed by atoms with Gasteiger partial charge in [-0.2, -0.15) is 0 Å². The number of nitrogens with two attached hydrogens (primary N) is 1. The van der Waals surface area contributed by atoms with Crippen molar-refractivity contribution < 1.29 is 9.47 Å². The Hall–Kier alpha value is -2.36. The average Bonchev–Trinajstić information content (AvgIpc) is 2.41. The molecule has 0 bridgehead atoms. The summed E-state index contributed by atoms with van der Waals surface area (Å²) in [6.45, 7) is 2.03. The first-order valence-corrected chi connectivity index (χ1v) is 5.99.